The summed E-state index contributed by atoms with van der Waals surface area (Å²) in [5.41, 5.74) is 4.76. The third-order valence-corrected chi connectivity index (χ3v) is 2.03. The highest BCUT2D eigenvalue weighted by atomic mass is 16.6. The van der Waals surface area contributed by atoms with Crippen molar-refractivity contribution in [3.63, 3.8) is 0 Å². The van der Waals surface area contributed by atoms with Gasteiger partial charge in [-0.2, -0.15) is 0 Å². The van der Waals surface area contributed by atoms with Crippen LogP contribution in [0.4, 0.5) is 0 Å². The standard InChI is InChI=1S/C11H11NO6/c12-9(15)7(13)8(14)11(17)18-10(16)6-4-2-1-3-5-6/h1-5,7-8,13-14H,(H2,12,15). The van der Waals surface area contributed by atoms with Crippen LogP contribution in [0.1, 0.15) is 10.4 Å². The van der Waals surface area contributed by atoms with E-state index in [-0.39, 0.29) is 5.56 Å². The highest BCUT2D eigenvalue weighted by Gasteiger charge is 2.31. The lowest BCUT2D eigenvalue weighted by atomic mass is 10.2. The Bertz CT molecular complexity index is 458. The van der Waals surface area contributed by atoms with Gasteiger partial charge in [0.25, 0.3) is 0 Å². The fourth-order valence-electron chi connectivity index (χ4n) is 1.07. The van der Waals surface area contributed by atoms with Crippen molar-refractivity contribution in [2.45, 2.75) is 12.2 Å². The number of hydrogen-bond acceptors (Lipinski definition) is 6. The summed E-state index contributed by atoms with van der Waals surface area (Å²) < 4.78 is 4.27. The van der Waals surface area contributed by atoms with E-state index in [1.807, 2.05) is 0 Å². The second-order valence-electron chi connectivity index (χ2n) is 3.37. The first-order valence-corrected chi connectivity index (χ1v) is 4.90. The third kappa shape index (κ3) is 3.37. The summed E-state index contributed by atoms with van der Waals surface area (Å²) in [6.07, 6.45) is -4.32. The van der Waals surface area contributed by atoms with Crippen LogP contribution < -0.4 is 5.73 Å². The van der Waals surface area contributed by atoms with Crippen molar-refractivity contribution in [1.29, 1.82) is 0 Å². The number of aliphatic hydroxyl groups excluding tert-OH is 2. The number of rotatable bonds is 4. The van der Waals surface area contributed by atoms with Crippen LogP contribution in [0.15, 0.2) is 30.3 Å². The van der Waals surface area contributed by atoms with Gasteiger partial charge in [-0.25, -0.2) is 9.59 Å². The van der Waals surface area contributed by atoms with Crippen molar-refractivity contribution >= 4 is 17.8 Å². The summed E-state index contributed by atoms with van der Waals surface area (Å²) in [5, 5.41) is 18.2. The number of hydrogen-bond donors (Lipinski definition) is 3. The highest BCUT2D eigenvalue weighted by Crippen LogP contribution is 2.04. The van der Waals surface area contributed by atoms with Gasteiger partial charge in [-0.1, -0.05) is 18.2 Å². The SMILES string of the molecule is NC(=O)C(O)C(O)C(=O)OC(=O)c1ccccc1. The molecule has 0 heterocycles. The maximum absolute atomic E-state index is 11.4. The molecule has 2 unspecified atom stereocenters. The lowest BCUT2D eigenvalue weighted by molar-refractivity contribution is -0.157. The van der Waals surface area contributed by atoms with Gasteiger partial charge in [0, 0.05) is 0 Å². The van der Waals surface area contributed by atoms with E-state index in [4.69, 9.17) is 5.11 Å². The molecule has 0 aliphatic carbocycles. The van der Waals surface area contributed by atoms with Crippen molar-refractivity contribution in [1.82, 2.24) is 0 Å². The topological polar surface area (TPSA) is 127 Å². The molecule has 1 rings (SSSR count). The molecule has 18 heavy (non-hydrogen) atoms. The van der Waals surface area contributed by atoms with Gasteiger partial charge < -0.3 is 20.7 Å². The fourth-order valence-corrected chi connectivity index (χ4v) is 1.07. The van der Waals surface area contributed by atoms with E-state index >= 15 is 0 Å². The lowest BCUT2D eigenvalue weighted by Crippen LogP contribution is -2.44. The van der Waals surface area contributed by atoms with Gasteiger partial charge in [-0.15, -0.1) is 0 Å². The Morgan fingerprint density at radius 3 is 2.11 bits per heavy atom. The van der Waals surface area contributed by atoms with Crippen LogP contribution in [-0.2, 0) is 14.3 Å². The van der Waals surface area contributed by atoms with Gasteiger partial charge in [0.1, 0.15) is 0 Å². The largest absolute Gasteiger partial charge is 0.387 e. The monoisotopic (exact) mass is 253 g/mol. The van der Waals surface area contributed by atoms with E-state index in [0.29, 0.717) is 0 Å². The fraction of sp³-hybridized carbons (Fsp3) is 0.182. The van der Waals surface area contributed by atoms with Crippen LogP contribution in [-0.4, -0.2) is 40.3 Å². The number of ether oxygens (including phenoxy) is 1. The number of carbonyl (C=O) groups is 3. The van der Waals surface area contributed by atoms with E-state index in [9.17, 15) is 19.5 Å². The Morgan fingerprint density at radius 1 is 1.06 bits per heavy atom. The van der Waals surface area contributed by atoms with Gasteiger partial charge in [0.2, 0.25) is 5.91 Å². The predicted molar refractivity (Wildman–Crippen MR) is 58.1 cm³/mol. The van der Waals surface area contributed by atoms with Crippen molar-refractivity contribution in [2.24, 2.45) is 5.73 Å². The van der Waals surface area contributed by atoms with Gasteiger partial charge in [0.05, 0.1) is 5.56 Å². The number of esters is 2. The summed E-state index contributed by atoms with van der Waals surface area (Å²) >= 11 is 0. The molecule has 1 aromatic carbocycles. The average Bonchev–Trinajstić information content (AvgIpc) is 2.37. The second kappa shape index (κ2) is 5.89. The van der Waals surface area contributed by atoms with Crippen LogP contribution in [0, 0.1) is 0 Å². The Morgan fingerprint density at radius 2 is 1.61 bits per heavy atom. The quantitative estimate of drug-likeness (QED) is 0.446. The van der Waals surface area contributed by atoms with Crippen LogP contribution in [0.3, 0.4) is 0 Å². The summed E-state index contributed by atoms with van der Waals surface area (Å²) in [5.74, 6) is -3.75. The molecule has 0 saturated carbocycles. The van der Waals surface area contributed by atoms with Gasteiger partial charge in [-0.3, -0.25) is 4.79 Å². The van der Waals surface area contributed by atoms with Crippen LogP contribution in [0.5, 0.6) is 0 Å². The minimum absolute atomic E-state index is 0.0895. The van der Waals surface area contributed by atoms with E-state index < -0.39 is 30.1 Å². The van der Waals surface area contributed by atoms with E-state index in [1.165, 1.54) is 12.1 Å². The maximum atomic E-state index is 11.4. The van der Waals surface area contributed by atoms with Crippen molar-refractivity contribution < 1.29 is 29.3 Å². The number of amides is 1. The first-order valence-electron chi connectivity index (χ1n) is 4.90. The zero-order valence-electron chi connectivity index (χ0n) is 9.15. The molecule has 4 N–H and O–H groups in total. The smallest absolute Gasteiger partial charge is 0.346 e. The minimum atomic E-state index is -2.20. The molecular weight excluding hydrogens is 242 g/mol. The zero-order valence-corrected chi connectivity index (χ0v) is 9.15. The number of aliphatic hydroxyl groups is 2. The first kappa shape index (κ1) is 13.8. The number of carbonyl (C=O) groups excluding carboxylic acids is 3. The molecule has 0 saturated heterocycles. The molecule has 0 fully saturated rings. The molecule has 0 aliphatic heterocycles. The molecule has 96 valence electrons. The molecular formula is C11H11NO6. The van der Waals surface area contributed by atoms with Crippen LogP contribution in [0.25, 0.3) is 0 Å². The van der Waals surface area contributed by atoms with Crippen molar-refractivity contribution in [2.75, 3.05) is 0 Å². The molecule has 0 bridgehead atoms. The van der Waals surface area contributed by atoms with Gasteiger partial charge >= 0.3 is 11.9 Å². The summed E-state index contributed by atoms with van der Waals surface area (Å²) in [6, 6.07) is 7.55. The molecule has 0 aliphatic rings. The third-order valence-electron chi connectivity index (χ3n) is 2.03. The molecule has 7 heteroatoms. The van der Waals surface area contributed by atoms with Crippen molar-refractivity contribution in [3.05, 3.63) is 35.9 Å². The van der Waals surface area contributed by atoms with Crippen LogP contribution >= 0.6 is 0 Å². The van der Waals surface area contributed by atoms with Crippen LogP contribution in [0.2, 0.25) is 0 Å². The number of primary amides is 1. The molecule has 1 aromatic rings. The predicted octanol–water partition coefficient (Wildman–Crippen LogP) is -1.42. The Balaban J connectivity index is 2.66. The van der Waals surface area contributed by atoms with E-state index in [0.717, 1.165) is 0 Å². The molecule has 0 aromatic heterocycles. The highest BCUT2D eigenvalue weighted by molar-refractivity contribution is 5.99. The molecule has 0 radical (unpaired) electrons. The molecule has 1 amide bonds. The minimum Gasteiger partial charge on any atom is -0.387 e. The normalized spacial score (nSPS) is 13.4. The Kier molecular flexibility index (Phi) is 4.52. The van der Waals surface area contributed by atoms with Crippen molar-refractivity contribution in [3.8, 4) is 0 Å². The second-order valence-corrected chi connectivity index (χ2v) is 3.37. The molecule has 7 nitrogen and oxygen atoms in total. The summed E-state index contributed by atoms with van der Waals surface area (Å²) in [4.78, 5) is 33.1. The Hall–Kier alpha value is -2.25. The van der Waals surface area contributed by atoms with E-state index in [1.54, 1.807) is 18.2 Å². The van der Waals surface area contributed by atoms with Gasteiger partial charge in [-0.05, 0) is 12.1 Å². The maximum Gasteiger partial charge on any atom is 0.346 e. The molecule has 2 atom stereocenters. The zero-order chi connectivity index (χ0) is 13.7. The summed E-state index contributed by atoms with van der Waals surface area (Å²) in [7, 11) is 0. The molecule has 0 spiro atoms. The average molecular weight is 253 g/mol. The Labute approximate surface area is 102 Å². The first-order chi connectivity index (χ1) is 8.43. The number of benzene rings is 1. The lowest BCUT2D eigenvalue weighted by Gasteiger charge is -2.12. The summed E-state index contributed by atoms with van der Waals surface area (Å²) in [6.45, 7) is 0. The number of nitrogens with two attached hydrogens (primary N) is 1. The van der Waals surface area contributed by atoms with Gasteiger partial charge in [0.15, 0.2) is 12.2 Å². The van der Waals surface area contributed by atoms with E-state index in [2.05, 4.69) is 10.5 Å².